The number of ether oxygens (including phenoxy) is 1. The standard InChI is InChI=1S/C11H15N3O2/c1-11(3-5-16-7-11)14-10(15)8-2-4-13-6-9(8)12/h2,4,6H,3,5,7,12H2,1H3,(H,14,15). The van der Waals surface area contributed by atoms with Gasteiger partial charge in [0.2, 0.25) is 0 Å². The van der Waals surface area contributed by atoms with Crippen LogP contribution in [0.2, 0.25) is 0 Å². The maximum atomic E-state index is 12.0. The average molecular weight is 221 g/mol. The molecule has 2 rings (SSSR count). The van der Waals surface area contributed by atoms with Crippen molar-refractivity contribution in [3.05, 3.63) is 24.0 Å². The number of pyridine rings is 1. The number of carbonyl (C=O) groups is 1. The number of nitrogens with zero attached hydrogens (tertiary/aromatic N) is 1. The van der Waals surface area contributed by atoms with Crippen LogP contribution < -0.4 is 11.1 Å². The molecule has 0 saturated carbocycles. The first-order valence-electron chi connectivity index (χ1n) is 5.20. The van der Waals surface area contributed by atoms with Crippen molar-refractivity contribution < 1.29 is 9.53 Å². The van der Waals surface area contributed by atoms with Crippen LogP contribution in [0.15, 0.2) is 18.5 Å². The van der Waals surface area contributed by atoms with Gasteiger partial charge in [0.15, 0.2) is 0 Å². The summed E-state index contributed by atoms with van der Waals surface area (Å²) in [6.45, 7) is 3.20. The number of amides is 1. The maximum absolute atomic E-state index is 12.0. The lowest BCUT2D eigenvalue weighted by molar-refractivity contribution is 0.0890. The van der Waals surface area contributed by atoms with Crippen molar-refractivity contribution in [3.8, 4) is 0 Å². The van der Waals surface area contributed by atoms with Crippen LogP contribution in [-0.2, 0) is 4.74 Å². The molecule has 1 fully saturated rings. The van der Waals surface area contributed by atoms with Gasteiger partial charge in [-0.3, -0.25) is 9.78 Å². The molecule has 1 aromatic rings. The zero-order chi connectivity index (χ0) is 11.6. The summed E-state index contributed by atoms with van der Waals surface area (Å²) in [5, 5.41) is 2.94. The molecule has 5 heteroatoms. The van der Waals surface area contributed by atoms with Crippen LogP contribution in [0.4, 0.5) is 5.69 Å². The van der Waals surface area contributed by atoms with E-state index < -0.39 is 0 Å². The first kappa shape index (κ1) is 10.9. The van der Waals surface area contributed by atoms with Crippen LogP contribution in [0.1, 0.15) is 23.7 Å². The van der Waals surface area contributed by atoms with Crippen LogP contribution in [0.5, 0.6) is 0 Å². The number of nitrogens with one attached hydrogen (secondary N) is 1. The Hall–Kier alpha value is -1.62. The smallest absolute Gasteiger partial charge is 0.253 e. The number of hydrogen-bond donors (Lipinski definition) is 2. The van der Waals surface area contributed by atoms with Crippen LogP contribution in [0, 0.1) is 0 Å². The molecule has 1 atom stereocenters. The summed E-state index contributed by atoms with van der Waals surface area (Å²) in [6.07, 6.45) is 3.85. The molecule has 1 aromatic heterocycles. The molecule has 1 amide bonds. The number of anilines is 1. The van der Waals surface area contributed by atoms with Gasteiger partial charge in [-0.15, -0.1) is 0 Å². The Morgan fingerprint density at radius 2 is 2.50 bits per heavy atom. The molecule has 86 valence electrons. The van der Waals surface area contributed by atoms with Crippen molar-refractivity contribution >= 4 is 11.6 Å². The highest BCUT2D eigenvalue weighted by atomic mass is 16.5. The van der Waals surface area contributed by atoms with E-state index in [1.807, 2.05) is 6.92 Å². The number of nitrogen functional groups attached to an aromatic ring is 1. The van der Waals surface area contributed by atoms with E-state index in [1.54, 1.807) is 12.3 Å². The summed E-state index contributed by atoms with van der Waals surface area (Å²) in [4.78, 5) is 15.8. The second kappa shape index (κ2) is 4.09. The Labute approximate surface area is 94.0 Å². The fraction of sp³-hybridized carbons (Fsp3) is 0.455. The highest BCUT2D eigenvalue weighted by Gasteiger charge is 2.31. The molecule has 16 heavy (non-hydrogen) atoms. The summed E-state index contributed by atoms with van der Waals surface area (Å²) >= 11 is 0. The Morgan fingerprint density at radius 3 is 3.12 bits per heavy atom. The van der Waals surface area contributed by atoms with Crippen molar-refractivity contribution in [1.82, 2.24) is 10.3 Å². The largest absolute Gasteiger partial charge is 0.397 e. The molecule has 0 spiro atoms. The molecule has 0 radical (unpaired) electrons. The van der Waals surface area contributed by atoms with Gasteiger partial charge >= 0.3 is 0 Å². The van der Waals surface area contributed by atoms with E-state index in [2.05, 4.69) is 10.3 Å². The molecule has 1 unspecified atom stereocenters. The van der Waals surface area contributed by atoms with Crippen molar-refractivity contribution in [2.75, 3.05) is 18.9 Å². The molecule has 1 aliphatic heterocycles. The summed E-state index contributed by atoms with van der Waals surface area (Å²) in [5.74, 6) is -0.173. The lowest BCUT2D eigenvalue weighted by atomic mass is 10.0. The van der Waals surface area contributed by atoms with E-state index in [-0.39, 0.29) is 11.4 Å². The van der Waals surface area contributed by atoms with Gasteiger partial charge in [0.25, 0.3) is 5.91 Å². The summed E-state index contributed by atoms with van der Waals surface area (Å²) in [6, 6.07) is 1.61. The molecule has 0 aromatic carbocycles. The lowest BCUT2D eigenvalue weighted by Gasteiger charge is -2.23. The number of carbonyl (C=O) groups excluding carboxylic acids is 1. The summed E-state index contributed by atoms with van der Waals surface area (Å²) in [5.41, 5.74) is 6.25. The lowest BCUT2D eigenvalue weighted by Crippen LogP contribution is -2.46. The molecule has 1 saturated heterocycles. The van der Waals surface area contributed by atoms with Gasteiger partial charge in [0.05, 0.1) is 29.6 Å². The highest BCUT2D eigenvalue weighted by molar-refractivity contribution is 5.99. The van der Waals surface area contributed by atoms with E-state index >= 15 is 0 Å². The second-order valence-corrected chi connectivity index (χ2v) is 4.28. The van der Waals surface area contributed by atoms with Gasteiger partial charge in [-0.25, -0.2) is 0 Å². The van der Waals surface area contributed by atoms with Gasteiger partial charge in [-0.05, 0) is 19.4 Å². The van der Waals surface area contributed by atoms with E-state index in [1.165, 1.54) is 6.20 Å². The topological polar surface area (TPSA) is 77.2 Å². The van der Waals surface area contributed by atoms with E-state index in [9.17, 15) is 4.79 Å². The van der Waals surface area contributed by atoms with Gasteiger partial charge in [0.1, 0.15) is 0 Å². The maximum Gasteiger partial charge on any atom is 0.253 e. The third kappa shape index (κ3) is 2.14. The molecular formula is C11H15N3O2. The van der Waals surface area contributed by atoms with Gasteiger partial charge < -0.3 is 15.8 Å². The molecule has 3 N–H and O–H groups in total. The van der Waals surface area contributed by atoms with Crippen LogP contribution in [-0.4, -0.2) is 29.6 Å². The minimum absolute atomic E-state index is 0.173. The number of hydrogen-bond acceptors (Lipinski definition) is 4. The van der Waals surface area contributed by atoms with E-state index in [4.69, 9.17) is 10.5 Å². The minimum atomic E-state index is -0.285. The fourth-order valence-corrected chi connectivity index (χ4v) is 1.72. The predicted octanol–water partition coefficient (Wildman–Crippen LogP) is 0.573. The highest BCUT2D eigenvalue weighted by Crippen LogP contribution is 2.19. The second-order valence-electron chi connectivity index (χ2n) is 4.28. The SMILES string of the molecule is CC1(NC(=O)c2ccncc2N)CCOC1. The number of aromatic nitrogens is 1. The molecule has 2 heterocycles. The van der Waals surface area contributed by atoms with Crippen molar-refractivity contribution in [2.24, 2.45) is 0 Å². The van der Waals surface area contributed by atoms with Gasteiger partial charge in [0, 0.05) is 12.8 Å². The van der Waals surface area contributed by atoms with E-state index in [0.29, 0.717) is 24.5 Å². The predicted molar refractivity (Wildman–Crippen MR) is 60.0 cm³/mol. The molecule has 5 nitrogen and oxygen atoms in total. The zero-order valence-corrected chi connectivity index (χ0v) is 9.19. The first-order valence-corrected chi connectivity index (χ1v) is 5.20. The van der Waals surface area contributed by atoms with Gasteiger partial charge in [-0.1, -0.05) is 0 Å². The number of rotatable bonds is 2. The Morgan fingerprint density at radius 1 is 1.69 bits per heavy atom. The normalized spacial score (nSPS) is 24.3. The van der Waals surface area contributed by atoms with Crippen LogP contribution >= 0.6 is 0 Å². The number of nitrogens with two attached hydrogens (primary N) is 1. The quantitative estimate of drug-likeness (QED) is 0.765. The summed E-state index contributed by atoms with van der Waals surface area (Å²) < 4.78 is 5.27. The van der Waals surface area contributed by atoms with E-state index in [0.717, 1.165) is 6.42 Å². The van der Waals surface area contributed by atoms with Crippen LogP contribution in [0.25, 0.3) is 0 Å². The zero-order valence-electron chi connectivity index (χ0n) is 9.19. The van der Waals surface area contributed by atoms with Crippen molar-refractivity contribution in [3.63, 3.8) is 0 Å². The van der Waals surface area contributed by atoms with Crippen molar-refractivity contribution in [1.29, 1.82) is 0 Å². The van der Waals surface area contributed by atoms with Crippen LogP contribution in [0.3, 0.4) is 0 Å². The molecule has 0 bridgehead atoms. The molecular weight excluding hydrogens is 206 g/mol. The third-order valence-corrected chi connectivity index (χ3v) is 2.73. The monoisotopic (exact) mass is 221 g/mol. The average Bonchev–Trinajstić information content (AvgIpc) is 2.65. The fourth-order valence-electron chi connectivity index (χ4n) is 1.72. The Balaban J connectivity index is 2.11. The Kier molecular flexibility index (Phi) is 2.78. The first-order chi connectivity index (χ1) is 7.61. The minimum Gasteiger partial charge on any atom is -0.397 e. The van der Waals surface area contributed by atoms with Gasteiger partial charge in [-0.2, -0.15) is 0 Å². The van der Waals surface area contributed by atoms with Crippen molar-refractivity contribution in [2.45, 2.75) is 18.9 Å². The Bertz CT molecular complexity index is 400. The molecule has 0 aliphatic carbocycles. The third-order valence-electron chi connectivity index (χ3n) is 2.73. The summed E-state index contributed by atoms with van der Waals surface area (Å²) in [7, 11) is 0. The molecule has 1 aliphatic rings.